The first kappa shape index (κ1) is 18.3. The van der Waals surface area contributed by atoms with Gasteiger partial charge in [0.2, 0.25) is 11.1 Å². The van der Waals surface area contributed by atoms with Crippen LogP contribution in [0.3, 0.4) is 0 Å². The maximum Gasteiger partial charge on any atom is 0.250 e. The largest absolute Gasteiger partial charge is 0.444 e. The predicted octanol–water partition coefficient (Wildman–Crippen LogP) is 4.98. The SMILES string of the molecule is O=C(CSCc1ccccc1)NN=Cc1cc(-c2ccccc2)oc1Cl. The second-order valence-corrected chi connectivity index (χ2v) is 6.81. The summed E-state index contributed by atoms with van der Waals surface area (Å²) in [5.74, 6) is 1.61. The smallest absolute Gasteiger partial charge is 0.250 e. The molecule has 6 heteroatoms. The van der Waals surface area contributed by atoms with Crippen molar-refractivity contribution in [3.8, 4) is 11.3 Å². The summed E-state index contributed by atoms with van der Waals surface area (Å²) in [4.78, 5) is 11.8. The van der Waals surface area contributed by atoms with Gasteiger partial charge in [-0.3, -0.25) is 4.79 Å². The first-order chi connectivity index (χ1) is 12.7. The fourth-order valence-electron chi connectivity index (χ4n) is 2.26. The molecule has 0 aliphatic heterocycles. The van der Waals surface area contributed by atoms with Gasteiger partial charge < -0.3 is 4.42 Å². The lowest BCUT2D eigenvalue weighted by Crippen LogP contribution is -2.19. The first-order valence-corrected chi connectivity index (χ1v) is 9.54. The average molecular weight is 385 g/mol. The Hall–Kier alpha value is -2.50. The van der Waals surface area contributed by atoms with Crippen molar-refractivity contribution in [2.45, 2.75) is 5.75 Å². The third-order valence-electron chi connectivity index (χ3n) is 3.51. The Morgan fingerprint density at radius 3 is 2.54 bits per heavy atom. The third-order valence-corrected chi connectivity index (χ3v) is 4.81. The zero-order chi connectivity index (χ0) is 18.2. The molecule has 4 nitrogen and oxygen atoms in total. The number of carbonyl (C=O) groups excluding carboxylic acids is 1. The van der Waals surface area contributed by atoms with Gasteiger partial charge in [-0.1, -0.05) is 60.7 Å². The highest BCUT2D eigenvalue weighted by Gasteiger charge is 2.09. The van der Waals surface area contributed by atoms with Crippen LogP contribution in [0.5, 0.6) is 0 Å². The molecular formula is C20H17ClN2O2S. The summed E-state index contributed by atoms with van der Waals surface area (Å²) < 4.78 is 5.53. The molecule has 0 aliphatic carbocycles. The number of hydrogen-bond acceptors (Lipinski definition) is 4. The van der Waals surface area contributed by atoms with Crippen LogP contribution in [-0.4, -0.2) is 17.9 Å². The molecule has 132 valence electrons. The van der Waals surface area contributed by atoms with E-state index in [2.05, 4.69) is 10.5 Å². The number of furan rings is 1. The van der Waals surface area contributed by atoms with Crippen molar-refractivity contribution in [3.05, 3.63) is 83.1 Å². The molecule has 2 aromatic carbocycles. The summed E-state index contributed by atoms with van der Waals surface area (Å²) in [7, 11) is 0. The topological polar surface area (TPSA) is 54.6 Å². The fourth-order valence-corrected chi connectivity index (χ4v) is 3.22. The van der Waals surface area contributed by atoms with E-state index >= 15 is 0 Å². The van der Waals surface area contributed by atoms with E-state index in [4.69, 9.17) is 16.0 Å². The zero-order valence-electron chi connectivity index (χ0n) is 13.9. The molecule has 0 aliphatic rings. The van der Waals surface area contributed by atoms with E-state index in [1.165, 1.54) is 23.5 Å². The molecule has 3 rings (SSSR count). The van der Waals surface area contributed by atoms with Crippen LogP contribution in [-0.2, 0) is 10.5 Å². The standard InChI is InChI=1S/C20H17ClN2O2S/c21-20-17(11-18(25-20)16-9-5-2-6-10-16)12-22-23-19(24)14-26-13-15-7-3-1-4-8-15/h1-12H,13-14H2,(H,23,24). The molecule has 3 aromatic rings. The van der Waals surface area contributed by atoms with Gasteiger partial charge in [-0.05, 0) is 23.2 Å². The molecule has 1 amide bonds. The van der Waals surface area contributed by atoms with Gasteiger partial charge in [0.05, 0.1) is 17.5 Å². The molecule has 26 heavy (non-hydrogen) atoms. The van der Waals surface area contributed by atoms with Crippen LogP contribution in [0.1, 0.15) is 11.1 Å². The number of amides is 1. The summed E-state index contributed by atoms with van der Waals surface area (Å²) in [6, 6.07) is 21.4. The lowest BCUT2D eigenvalue weighted by Gasteiger charge is -2.01. The van der Waals surface area contributed by atoms with Gasteiger partial charge in [-0.2, -0.15) is 5.10 Å². The van der Waals surface area contributed by atoms with Gasteiger partial charge >= 0.3 is 0 Å². The van der Waals surface area contributed by atoms with Crippen molar-refractivity contribution < 1.29 is 9.21 Å². The van der Waals surface area contributed by atoms with Gasteiger partial charge in [0.1, 0.15) is 5.76 Å². The molecule has 1 aromatic heterocycles. The molecule has 1 heterocycles. The number of rotatable bonds is 7. The molecule has 0 bridgehead atoms. The van der Waals surface area contributed by atoms with Crippen molar-refractivity contribution in [1.82, 2.24) is 5.43 Å². The average Bonchev–Trinajstić information content (AvgIpc) is 3.04. The van der Waals surface area contributed by atoms with Crippen LogP contribution in [0.2, 0.25) is 5.22 Å². The molecule has 0 radical (unpaired) electrons. The van der Waals surface area contributed by atoms with E-state index in [0.717, 1.165) is 11.3 Å². The highest BCUT2D eigenvalue weighted by molar-refractivity contribution is 7.99. The molecular weight excluding hydrogens is 368 g/mol. The van der Waals surface area contributed by atoms with Crippen molar-refractivity contribution in [2.75, 3.05) is 5.75 Å². The highest BCUT2D eigenvalue weighted by Crippen LogP contribution is 2.27. The maximum absolute atomic E-state index is 11.8. The Bertz CT molecular complexity index is 879. The van der Waals surface area contributed by atoms with E-state index in [1.54, 1.807) is 6.07 Å². The van der Waals surface area contributed by atoms with E-state index in [1.807, 2.05) is 60.7 Å². The molecule has 0 saturated carbocycles. The number of halogens is 1. The fraction of sp³-hybridized carbons (Fsp3) is 0.100. The Labute approximate surface area is 161 Å². The van der Waals surface area contributed by atoms with E-state index in [0.29, 0.717) is 17.1 Å². The first-order valence-electron chi connectivity index (χ1n) is 8.01. The van der Waals surface area contributed by atoms with Gasteiger partial charge in [-0.15, -0.1) is 11.8 Å². The minimum absolute atomic E-state index is 0.162. The summed E-state index contributed by atoms with van der Waals surface area (Å²) in [5.41, 5.74) is 5.23. The second kappa shape index (κ2) is 9.27. The third kappa shape index (κ3) is 5.25. The summed E-state index contributed by atoms with van der Waals surface area (Å²) in [5, 5.41) is 4.19. The van der Waals surface area contributed by atoms with Crippen LogP contribution < -0.4 is 5.43 Å². The molecule has 0 unspecified atom stereocenters. The van der Waals surface area contributed by atoms with Crippen LogP contribution >= 0.6 is 23.4 Å². The number of hydrazone groups is 1. The lowest BCUT2D eigenvalue weighted by atomic mass is 10.1. The van der Waals surface area contributed by atoms with Crippen molar-refractivity contribution in [3.63, 3.8) is 0 Å². The zero-order valence-corrected chi connectivity index (χ0v) is 15.5. The number of benzene rings is 2. The monoisotopic (exact) mass is 384 g/mol. The number of hydrogen-bond donors (Lipinski definition) is 1. The maximum atomic E-state index is 11.8. The van der Waals surface area contributed by atoms with Gasteiger partial charge in [0, 0.05) is 11.3 Å². The molecule has 0 spiro atoms. The molecule has 0 fully saturated rings. The van der Waals surface area contributed by atoms with Crippen LogP contribution in [0, 0.1) is 0 Å². The summed E-state index contributed by atoms with van der Waals surface area (Å²) in [6.07, 6.45) is 1.48. The Balaban J connectivity index is 1.49. The second-order valence-electron chi connectivity index (χ2n) is 5.48. The van der Waals surface area contributed by atoms with Crippen molar-refractivity contribution in [2.24, 2.45) is 5.10 Å². The summed E-state index contributed by atoms with van der Waals surface area (Å²) in [6.45, 7) is 0. The van der Waals surface area contributed by atoms with Crippen LogP contribution in [0.15, 0.2) is 76.2 Å². The predicted molar refractivity (Wildman–Crippen MR) is 107 cm³/mol. The molecule has 0 saturated heterocycles. The normalized spacial score (nSPS) is 11.0. The Morgan fingerprint density at radius 1 is 1.12 bits per heavy atom. The minimum Gasteiger partial charge on any atom is -0.444 e. The highest BCUT2D eigenvalue weighted by atomic mass is 35.5. The quantitative estimate of drug-likeness (QED) is 0.461. The van der Waals surface area contributed by atoms with Crippen LogP contribution in [0.4, 0.5) is 0 Å². The Morgan fingerprint density at radius 2 is 1.81 bits per heavy atom. The van der Waals surface area contributed by atoms with Gasteiger partial charge in [-0.25, -0.2) is 5.43 Å². The van der Waals surface area contributed by atoms with Crippen molar-refractivity contribution in [1.29, 1.82) is 0 Å². The molecule has 1 N–H and O–H groups in total. The number of thioether (sulfide) groups is 1. The van der Waals surface area contributed by atoms with Gasteiger partial charge in [0.25, 0.3) is 0 Å². The van der Waals surface area contributed by atoms with E-state index in [-0.39, 0.29) is 11.1 Å². The number of nitrogens with one attached hydrogen (secondary N) is 1. The summed E-state index contributed by atoms with van der Waals surface area (Å²) >= 11 is 7.62. The van der Waals surface area contributed by atoms with Gasteiger partial charge in [0.15, 0.2) is 0 Å². The van der Waals surface area contributed by atoms with E-state index < -0.39 is 0 Å². The van der Waals surface area contributed by atoms with E-state index in [9.17, 15) is 4.79 Å². The van der Waals surface area contributed by atoms with Crippen molar-refractivity contribution >= 4 is 35.5 Å². The number of carbonyl (C=O) groups is 1. The Kier molecular flexibility index (Phi) is 6.52. The lowest BCUT2D eigenvalue weighted by molar-refractivity contribution is -0.118. The molecule has 0 atom stereocenters. The van der Waals surface area contributed by atoms with Crippen LogP contribution in [0.25, 0.3) is 11.3 Å². The number of nitrogens with zero attached hydrogens (tertiary/aromatic N) is 1. The minimum atomic E-state index is -0.162.